The van der Waals surface area contributed by atoms with Crippen LogP contribution in [0.3, 0.4) is 0 Å². The number of hydrogen-bond donors (Lipinski definition) is 2. The summed E-state index contributed by atoms with van der Waals surface area (Å²) in [7, 11) is 0. The van der Waals surface area contributed by atoms with E-state index in [1.165, 1.54) is 11.3 Å². The van der Waals surface area contributed by atoms with Crippen molar-refractivity contribution in [3.05, 3.63) is 42.0 Å². The summed E-state index contributed by atoms with van der Waals surface area (Å²) in [5.74, 6) is 1.05. The van der Waals surface area contributed by atoms with Crippen LogP contribution in [0.25, 0.3) is 0 Å². The fourth-order valence-electron chi connectivity index (χ4n) is 3.51. The summed E-state index contributed by atoms with van der Waals surface area (Å²) >= 11 is 0. The third kappa shape index (κ3) is 5.25. The van der Waals surface area contributed by atoms with Crippen molar-refractivity contribution in [2.75, 3.05) is 37.6 Å². The first-order valence-corrected chi connectivity index (χ1v) is 10.0. The van der Waals surface area contributed by atoms with E-state index in [9.17, 15) is 4.79 Å². The molecule has 6 heteroatoms. The van der Waals surface area contributed by atoms with Crippen LogP contribution >= 0.6 is 0 Å². The molecule has 1 aromatic carbocycles. The Balaban J connectivity index is 1.55. The zero-order chi connectivity index (χ0) is 19.1. The van der Waals surface area contributed by atoms with Crippen molar-refractivity contribution in [2.45, 2.75) is 39.3 Å². The Bertz CT molecular complexity index is 674. The monoisotopic (exact) mass is 369 g/mol. The molecule has 2 aliphatic heterocycles. The molecule has 0 bridgehead atoms. The summed E-state index contributed by atoms with van der Waals surface area (Å²) in [6, 6.07) is 8.91. The smallest absolute Gasteiger partial charge is 0.222 e. The molecule has 1 fully saturated rings. The van der Waals surface area contributed by atoms with Gasteiger partial charge in [-0.3, -0.25) is 4.79 Å². The van der Waals surface area contributed by atoms with Gasteiger partial charge in [-0.2, -0.15) is 0 Å². The maximum Gasteiger partial charge on any atom is 0.222 e. The summed E-state index contributed by atoms with van der Waals surface area (Å²) in [4.78, 5) is 20.9. The molecule has 0 aromatic heterocycles. The van der Waals surface area contributed by atoms with Crippen LogP contribution in [0.4, 0.5) is 5.69 Å². The number of likely N-dealkylation sites (tertiary alicyclic amines) is 1. The SMILES string of the molecule is CCNC(=NCc1ccc(N2CC=CC2)cc1)NC1CCN(C(=O)CC)C1. The summed E-state index contributed by atoms with van der Waals surface area (Å²) in [5.41, 5.74) is 2.45. The van der Waals surface area contributed by atoms with Gasteiger partial charge < -0.3 is 20.4 Å². The van der Waals surface area contributed by atoms with Gasteiger partial charge in [-0.15, -0.1) is 0 Å². The van der Waals surface area contributed by atoms with Crippen molar-refractivity contribution < 1.29 is 4.79 Å². The van der Waals surface area contributed by atoms with Gasteiger partial charge in [0, 0.05) is 50.9 Å². The molecule has 2 heterocycles. The predicted molar refractivity (Wildman–Crippen MR) is 111 cm³/mol. The lowest BCUT2D eigenvalue weighted by molar-refractivity contribution is -0.129. The molecule has 2 N–H and O–H groups in total. The topological polar surface area (TPSA) is 60.0 Å². The van der Waals surface area contributed by atoms with Crippen molar-refractivity contribution >= 4 is 17.6 Å². The zero-order valence-corrected chi connectivity index (χ0v) is 16.4. The van der Waals surface area contributed by atoms with Crippen molar-refractivity contribution in [2.24, 2.45) is 4.99 Å². The molecule has 0 spiro atoms. The molecular weight excluding hydrogens is 338 g/mol. The largest absolute Gasteiger partial charge is 0.364 e. The van der Waals surface area contributed by atoms with Crippen LogP contribution in [0.15, 0.2) is 41.4 Å². The van der Waals surface area contributed by atoms with Gasteiger partial charge in [0.1, 0.15) is 0 Å². The van der Waals surface area contributed by atoms with E-state index < -0.39 is 0 Å². The maximum absolute atomic E-state index is 11.8. The molecule has 0 saturated carbocycles. The second kappa shape index (κ2) is 9.44. The molecule has 1 saturated heterocycles. The number of nitrogens with zero attached hydrogens (tertiary/aromatic N) is 3. The fraction of sp³-hybridized carbons (Fsp3) is 0.524. The Hall–Kier alpha value is -2.50. The predicted octanol–water partition coefficient (Wildman–Crippen LogP) is 2.13. The first-order chi connectivity index (χ1) is 13.2. The Morgan fingerprint density at radius 2 is 1.93 bits per heavy atom. The number of aliphatic imine (C=N–C) groups is 1. The number of carbonyl (C=O) groups is 1. The van der Waals surface area contributed by atoms with Gasteiger partial charge in [0.2, 0.25) is 5.91 Å². The second-order valence-electron chi connectivity index (χ2n) is 7.06. The van der Waals surface area contributed by atoms with Gasteiger partial charge in [0.15, 0.2) is 5.96 Å². The van der Waals surface area contributed by atoms with Gasteiger partial charge in [0.05, 0.1) is 6.54 Å². The minimum Gasteiger partial charge on any atom is -0.364 e. The second-order valence-corrected chi connectivity index (χ2v) is 7.06. The van der Waals surface area contributed by atoms with E-state index in [2.05, 4.69) is 58.9 Å². The normalized spacial score (nSPS) is 19.6. The number of benzene rings is 1. The first kappa shape index (κ1) is 19.3. The molecule has 3 rings (SSSR count). The third-order valence-corrected chi connectivity index (χ3v) is 5.07. The van der Waals surface area contributed by atoms with E-state index >= 15 is 0 Å². The standard InChI is InChI=1S/C21H31N5O/c1-3-20(27)26-14-11-18(16-26)24-21(22-4-2)23-15-17-7-9-19(10-8-17)25-12-5-6-13-25/h5-10,18H,3-4,11-16H2,1-2H3,(H2,22,23,24). The number of hydrogen-bond acceptors (Lipinski definition) is 3. The highest BCUT2D eigenvalue weighted by Gasteiger charge is 2.25. The van der Waals surface area contributed by atoms with E-state index in [4.69, 9.17) is 4.99 Å². The lowest BCUT2D eigenvalue weighted by Crippen LogP contribution is -2.45. The summed E-state index contributed by atoms with van der Waals surface area (Å²) < 4.78 is 0. The van der Waals surface area contributed by atoms with Crippen LogP contribution in [0.2, 0.25) is 0 Å². The van der Waals surface area contributed by atoms with Gasteiger partial charge in [0.25, 0.3) is 0 Å². The Kier molecular flexibility index (Phi) is 6.74. The molecule has 0 radical (unpaired) electrons. The number of amides is 1. The molecule has 1 amide bonds. The zero-order valence-electron chi connectivity index (χ0n) is 16.4. The first-order valence-electron chi connectivity index (χ1n) is 10.0. The van der Waals surface area contributed by atoms with Gasteiger partial charge >= 0.3 is 0 Å². The lowest BCUT2D eigenvalue weighted by Gasteiger charge is -2.19. The fourth-order valence-corrected chi connectivity index (χ4v) is 3.51. The quantitative estimate of drug-likeness (QED) is 0.458. The Morgan fingerprint density at radius 1 is 1.19 bits per heavy atom. The van der Waals surface area contributed by atoms with E-state index in [1.54, 1.807) is 0 Å². The molecule has 1 aromatic rings. The molecule has 146 valence electrons. The average Bonchev–Trinajstić information content (AvgIpc) is 3.38. The number of guanidine groups is 1. The number of anilines is 1. The summed E-state index contributed by atoms with van der Waals surface area (Å²) in [6.45, 7) is 9.01. The average molecular weight is 370 g/mol. The van der Waals surface area contributed by atoms with Crippen LogP contribution in [0.1, 0.15) is 32.3 Å². The lowest BCUT2D eigenvalue weighted by atomic mass is 10.2. The van der Waals surface area contributed by atoms with Gasteiger partial charge in [-0.25, -0.2) is 4.99 Å². The van der Waals surface area contributed by atoms with Crippen LogP contribution in [-0.2, 0) is 11.3 Å². The van der Waals surface area contributed by atoms with Crippen molar-refractivity contribution in [3.63, 3.8) is 0 Å². The highest BCUT2D eigenvalue weighted by molar-refractivity contribution is 5.80. The molecular formula is C21H31N5O. The molecule has 6 nitrogen and oxygen atoms in total. The highest BCUT2D eigenvalue weighted by atomic mass is 16.2. The molecule has 1 atom stereocenters. The summed E-state index contributed by atoms with van der Waals surface area (Å²) in [6.07, 6.45) is 5.94. The van der Waals surface area contributed by atoms with E-state index in [-0.39, 0.29) is 11.9 Å². The van der Waals surface area contributed by atoms with Gasteiger partial charge in [-0.05, 0) is 31.0 Å². The molecule has 1 unspecified atom stereocenters. The van der Waals surface area contributed by atoms with Crippen LogP contribution in [0, 0.1) is 0 Å². The van der Waals surface area contributed by atoms with E-state index in [0.29, 0.717) is 13.0 Å². The third-order valence-electron chi connectivity index (χ3n) is 5.07. The highest BCUT2D eigenvalue weighted by Crippen LogP contribution is 2.18. The summed E-state index contributed by atoms with van der Waals surface area (Å²) in [5, 5.41) is 6.79. The van der Waals surface area contributed by atoms with Crippen LogP contribution in [-0.4, -0.2) is 55.5 Å². The number of carbonyl (C=O) groups excluding carboxylic acids is 1. The molecule has 2 aliphatic rings. The van der Waals surface area contributed by atoms with Crippen molar-refractivity contribution in [1.29, 1.82) is 0 Å². The van der Waals surface area contributed by atoms with E-state index in [0.717, 1.165) is 45.1 Å². The molecule has 0 aliphatic carbocycles. The van der Waals surface area contributed by atoms with E-state index in [1.807, 2.05) is 11.8 Å². The number of nitrogens with one attached hydrogen (secondary N) is 2. The van der Waals surface area contributed by atoms with Crippen molar-refractivity contribution in [3.8, 4) is 0 Å². The molecule has 27 heavy (non-hydrogen) atoms. The minimum absolute atomic E-state index is 0.231. The van der Waals surface area contributed by atoms with Crippen molar-refractivity contribution in [1.82, 2.24) is 15.5 Å². The van der Waals surface area contributed by atoms with Crippen LogP contribution < -0.4 is 15.5 Å². The van der Waals surface area contributed by atoms with Crippen LogP contribution in [0.5, 0.6) is 0 Å². The maximum atomic E-state index is 11.8. The Labute approximate surface area is 162 Å². The number of rotatable bonds is 6. The van der Waals surface area contributed by atoms with Gasteiger partial charge in [-0.1, -0.05) is 31.2 Å². The Morgan fingerprint density at radius 3 is 2.59 bits per heavy atom. The minimum atomic E-state index is 0.231.